The van der Waals surface area contributed by atoms with Gasteiger partial charge in [-0.2, -0.15) is 0 Å². The van der Waals surface area contributed by atoms with Gasteiger partial charge in [0, 0.05) is 72.3 Å². The van der Waals surface area contributed by atoms with E-state index >= 15 is 0 Å². The maximum atomic E-state index is 4.80. The molecule has 274 valence electrons. The van der Waals surface area contributed by atoms with Crippen molar-refractivity contribution in [2.45, 2.75) is 0 Å². The van der Waals surface area contributed by atoms with E-state index in [9.17, 15) is 0 Å². The Morgan fingerprint density at radius 2 is 0.678 bits per heavy atom. The smallest absolute Gasteiger partial charge is 0.0702 e. The molecule has 0 aliphatic heterocycles. The first-order valence-corrected chi connectivity index (χ1v) is 20.1. The molecular weight excluding hydrogens is 719 g/mol. The average Bonchev–Trinajstić information content (AvgIpc) is 3.95. The normalized spacial score (nSPS) is 12.1. The van der Waals surface area contributed by atoms with Crippen LogP contribution >= 0.6 is 0 Å². The van der Waals surface area contributed by atoms with E-state index in [-0.39, 0.29) is 0 Å². The third kappa shape index (κ3) is 4.55. The summed E-state index contributed by atoms with van der Waals surface area (Å²) in [6.07, 6.45) is 3.73. The fourth-order valence-corrected chi connectivity index (χ4v) is 9.86. The van der Waals surface area contributed by atoms with Crippen LogP contribution in [-0.4, -0.2) is 23.7 Å². The topological polar surface area (TPSA) is 40.6 Å². The summed E-state index contributed by atoms with van der Waals surface area (Å²) in [5.41, 5.74) is 14.4. The first-order chi connectivity index (χ1) is 29.3. The van der Waals surface area contributed by atoms with Crippen LogP contribution in [0.25, 0.3) is 116 Å². The fraction of sp³-hybridized carbons (Fsp3) is 0. The predicted molar refractivity (Wildman–Crippen MR) is 245 cm³/mol. The van der Waals surface area contributed by atoms with Crippen LogP contribution in [0, 0.1) is 0 Å². The minimum absolute atomic E-state index is 0.918. The van der Waals surface area contributed by atoms with Gasteiger partial charge < -0.3 is 13.7 Å². The SMILES string of the molecule is c1ccc(-c2cc(-c3ccccn3)cc(-n3c4ccc(-n5c6ccccc6c6ccccc65)c5ccc6c(-n7c8ccccc8c8ccccc87)ccc3c6c54)c2)nc1. The summed E-state index contributed by atoms with van der Waals surface area (Å²) in [4.78, 5) is 9.61. The monoisotopic (exact) mass is 751 g/mol. The van der Waals surface area contributed by atoms with Gasteiger partial charge in [-0.1, -0.05) is 97.1 Å². The van der Waals surface area contributed by atoms with Gasteiger partial charge in [-0.05, 0) is 91.0 Å². The number of aromatic nitrogens is 5. The molecule has 0 radical (unpaired) electrons. The maximum Gasteiger partial charge on any atom is 0.0702 e. The summed E-state index contributed by atoms with van der Waals surface area (Å²) in [6.45, 7) is 0. The summed E-state index contributed by atoms with van der Waals surface area (Å²) < 4.78 is 7.36. The Morgan fingerprint density at radius 1 is 0.288 bits per heavy atom. The minimum atomic E-state index is 0.918. The average molecular weight is 752 g/mol. The first-order valence-electron chi connectivity index (χ1n) is 20.1. The standard InChI is InChI=1S/C54H33N5/c1-5-19-45-37(13-1)38-14-2-6-20-46(38)58(45)49-25-27-51-53-41(49)23-24-42-50(59-47-21-7-3-15-39(47)40-16-4-8-22-48(40)59)26-28-52(54(42)53)57(51)36-32-34(43-17-9-11-29-55-43)31-35(33-36)44-18-10-12-30-56-44/h1-33H. The summed E-state index contributed by atoms with van der Waals surface area (Å²) in [5, 5.41) is 9.89. The van der Waals surface area contributed by atoms with Gasteiger partial charge in [-0.3, -0.25) is 9.97 Å². The van der Waals surface area contributed by atoms with E-state index in [1.54, 1.807) is 0 Å². The third-order valence-electron chi connectivity index (χ3n) is 12.3. The van der Waals surface area contributed by atoms with Crippen molar-refractivity contribution in [2.75, 3.05) is 0 Å². The minimum Gasteiger partial charge on any atom is -0.309 e. The van der Waals surface area contributed by atoms with Gasteiger partial charge >= 0.3 is 0 Å². The van der Waals surface area contributed by atoms with Crippen molar-refractivity contribution in [2.24, 2.45) is 0 Å². The van der Waals surface area contributed by atoms with Gasteiger partial charge in [-0.15, -0.1) is 0 Å². The van der Waals surface area contributed by atoms with E-state index in [1.165, 1.54) is 65.2 Å². The van der Waals surface area contributed by atoms with Crippen LogP contribution in [0.3, 0.4) is 0 Å². The first kappa shape index (κ1) is 32.1. The summed E-state index contributed by atoms with van der Waals surface area (Å²) in [5.74, 6) is 0. The Hall–Kier alpha value is -8.02. The summed E-state index contributed by atoms with van der Waals surface area (Å²) >= 11 is 0. The molecule has 5 heteroatoms. The van der Waals surface area contributed by atoms with Crippen LogP contribution < -0.4 is 0 Å². The highest BCUT2D eigenvalue weighted by Gasteiger charge is 2.24. The lowest BCUT2D eigenvalue weighted by Crippen LogP contribution is -1.98. The van der Waals surface area contributed by atoms with Gasteiger partial charge in [0.05, 0.1) is 55.9 Å². The molecule has 0 spiro atoms. The van der Waals surface area contributed by atoms with Gasteiger partial charge in [0.1, 0.15) is 0 Å². The molecule has 13 rings (SSSR count). The molecule has 5 aromatic heterocycles. The molecule has 0 bridgehead atoms. The number of para-hydroxylation sites is 4. The van der Waals surface area contributed by atoms with Crippen LogP contribution in [0.5, 0.6) is 0 Å². The predicted octanol–water partition coefficient (Wildman–Crippen LogP) is 13.7. The zero-order chi connectivity index (χ0) is 38.6. The van der Waals surface area contributed by atoms with E-state index in [2.05, 4.69) is 190 Å². The third-order valence-corrected chi connectivity index (χ3v) is 12.3. The molecule has 8 aromatic carbocycles. The van der Waals surface area contributed by atoms with Crippen molar-refractivity contribution < 1.29 is 0 Å². The van der Waals surface area contributed by atoms with Crippen LogP contribution in [0.4, 0.5) is 0 Å². The molecule has 0 saturated carbocycles. The van der Waals surface area contributed by atoms with E-state index in [0.29, 0.717) is 0 Å². The molecule has 0 fully saturated rings. The van der Waals surface area contributed by atoms with Crippen LogP contribution in [0.2, 0.25) is 0 Å². The maximum absolute atomic E-state index is 4.80. The molecule has 13 aromatic rings. The van der Waals surface area contributed by atoms with E-state index in [1.807, 2.05) is 24.5 Å². The molecule has 0 saturated heterocycles. The Kier molecular flexibility index (Phi) is 6.66. The second-order valence-corrected chi connectivity index (χ2v) is 15.4. The summed E-state index contributed by atoms with van der Waals surface area (Å²) in [7, 11) is 0. The second kappa shape index (κ2) is 12.2. The van der Waals surface area contributed by atoms with Gasteiger partial charge in [0.15, 0.2) is 0 Å². The largest absolute Gasteiger partial charge is 0.309 e. The van der Waals surface area contributed by atoms with E-state index in [4.69, 9.17) is 9.97 Å². The summed E-state index contributed by atoms with van der Waals surface area (Å²) in [6, 6.07) is 68.0. The van der Waals surface area contributed by atoms with Crippen LogP contribution in [0.15, 0.2) is 200 Å². The van der Waals surface area contributed by atoms with Gasteiger partial charge in [0.25, 0.3) is 0 Å². The highest BCUT2D eigenvalue weighted by molar-refractivity contribution is 6.28. The fourth-order valence-electron chi connectivity index (χ4n) is 9.86. The number of rotatable bonds is 5. The molecule has 0 amide bonds. The molecule has 0 aliphatic rings. The van der Waals surface area contributed by atoms with Gasteiger partial charge in [0.2, 0.25) is 0 Å². The van der Waals surface area contributed by atoms with E-state index < -0.39 is 0 Å². The Morgan fingerprint density at radius 3 is 1.07 bits per heavy atom. The van der Waals surface area contributed by atoms with Crippen LogP contribution in [-0.2, 0) is 0 Å². The molecule has 0 unspecified atom stereocenters. The number of pyridine rings is 2. The second-order valence-electron chi connectivity index (χ2n) is 15.4. The highest BCUT2D eigenvalue weighted by Crippen LogP contribution is 2.46. The lowest BCUT2D eigenvalue weighted by Gasteiger charge is -2.15. The lowest BCUT2D eigenvalue weighted by atomic mass is 9.99. The zero-order valence-electron chi connectivity index (χ0n) is 31.8. The van der Waals surface area contributed by atoms with E-state index in [0.717, 1.165) is 50.6 Å². The van der Waals surface area contributed by atoms with Crippen molar-refractivity contribution in [1.82, 2.24) is 23.7 Å². The number of fused-ring (bicyclic) bond motifs is 6. The lowest BCUT2D eigenvalue weighted by molar-refractivity contribution is 1.16. The molecule has 5 nitrogen and oxygen atoms in total. The number of nitrogens with zero attached hydrogens (tertiary/aromatic N) is 5. The van der Waals surface area contributed by atoms with Crippen molar-refractivity contribution in [1.29, 1.82) is 0 Å². The molecular formula is C54H33N5. The van der Waals surface area contributed by atoms with Gasteiger partial charge in [-0.25, -0.2) is 0 Å². The zero-order valence-corrected chi connectivity index (χ0v) is 31.8. The number of hydrogen-bond acceptors (Lipinski definition) is 2. The quantitative estimate of drug-likeness (QED) is 0.164. The van der Waals surface area contributed by atoms with Crippen molar-refractivity contribution >= 4 is 76.2 Å². The highest BCUT2D eigenvalue weighted by atomic mass is 15.0. The molecule has 0 atom stereocenters. The Bertz CT molecular complexity index is 3430. The molecule has 0 N–H and O–H groups in total. The van der Waals surface area contributed by atoms with Crippen molar-refractivity contribution in [3.63, 3.8) is 0 Å². The number of benzene rings is 8. The Balaban J connectivity index is 1.18. The van der Waals surface area contributed by atoms with Crippen LogP contribution in [0.1, 0.15) is 0 Å². The molecule has 0 aliphatic carbocycles. The van der Waals surface area contributed by atoms with Crippen molar-refractivity contribution in [3.05, 3.63) is 200 Å². The van der Waals surface area contributed by atoms with Crippen molar-refractivity contribution in [3.8, 4) is 39.6 Å². The Labute approximate surface area is 338 Å². The number of hydrogen-bond donors (Lipinski definition) is 0. The molecule has 59 heavy (non-hydrogen) atoms. The molecule has 5 heterocycles.